The molecule has 0 aliphatic rings. The van der Waals surface area contributed by atoms with Crippen molar-refractivity contribution in [3.05, 3.63) is 59.5 Å². The van der Waals surface area contributed by atoms with E-state index < -0.39 is 11.8 Å². The van der Waals surface area contributed by atoms with E-state index in [1.807, 2.05) is 38.4 Å². The van der Waals surface area contributed by atoms with Crippen LogP contribution in [0.1, 0.15) is 21.7 Å². The van der Waals surface area contributed by atoms with Crippen LogP contribution in [0.4, 0.5) is 0 Å². The topological polar surface area (TPSA) is 104 Å². The molecule has 0 aliphatic carbocycles. The summed E-state index contributed by atoms with van der Waals surface area (Å²) in [7, 11) is 3.96. The lowest BCUT2D eigenvalue weighted by Gasteiger charge is -2.14. The number of carbonyl (C=O) groups excluding carboxylic acids is 3. The second-order valence-corrected chi connectivity index (χ2v) is 6.22. The van der Waals surface area contributed by atoms with Crippen molar-refractivity contribution in [1.29, 1.82) is 0 Å². The summed E-state index contributed by atoms with van der Waals surface area (Å²) >= 11 is 0. The van der Waals surface area contributed by atoms with E-state index in [-0.39, 0.29) is 24.8 Å². The van der Waals surface area contributed by atoms with Crippen LogP contribution >= 0.6 is 0 Å². The average molecular weight is 372 g/mol. The Hall–Kier alpha value is -3.13. The molecule has 27 heavy (non-hydrogen) atoms. The number of furan rings is 1. The molecule has 0 fully saturated rings. The minimum absolute atomic E-state index is 0.122. The van der Waals surface area contributed by atoms with E-state index in [2.05, 4.69) is 20.9 Å². The van der Waals surface area contributed by atoms with Crippen LogP contribution < -0.4 is 16.0 Å². The van der Waals surface area contributed by atoms with E-state index in [4.69, 9.17) is 4.42 Å². The molecule has 0 spiro atoms. The average Bonchev–Trinajstić information content (AvgIpc) is 3.18. The van der Waals surface area contributed by atoms with Crippen LogP contribution in [0.15, 0.2) is 47.1 Å². The molecule has 0 aliphatic heterocycles. The van der Waals surface area contributed by atoms with Crippen molar-refractivity contribution in [3.63, 3.8) is 0 Å². The SMILES string of the molecule is CN(C)Cc1ccccc1CNC(=O)CNC(=O)CNC(=O)c1ccco1. The first-order valence-electron chi connectivity index (χ1n) is 8.52. The van der Waals surface area contributed by atoms with Gasteiger partial charge < -0.3 is 25.3 Å². The zero-order valence-electron chi connectivity index (χ0n) is 15.5. The monoisotopic (exact) mass is 372 g/mol. The van der Waals surface area contributed by atoms with Crippen molar-refractivity contribution in [3.8, 4) is 0 Å². The van der Waals surface area contributed by atoms with Crippen LogP contribution in [-0.4, -0.2) is 49.8 Å². The minimum atomic E-state index is -0.489. The third-order valence-electron chi connectivity index (χ3n) is 3.68. The van der Waals surface area contributed by atoms with Gasteiger partial charge in [0.1, 0.15) is 0 Å². The molecule has 0 atom stereocenters. The molecule has 1 heterocycles. The number of hydrogen-bond acceptors (Lipinski definition) is 5. The van der Waals surface area contributed by atoms with Gasteiger partial charge in [-0.2, -0.15) is 0 Å². The zero-order chi connectivity index (χ0) is 19.6. The fourth-order valence-corrected chi connectivity index (χ4v) is 2.38. The van der Waals surface area contributed by atoms with Crippen molar-refractivity contribution in [1.82, 2.24) is 20.9 Å². The second kappa shape index (κ2) is 10.1. The summed E-state index contributed by atoms with van der Waals surface area (Å²) < 4.78 is 4.92. The Morgan fingerprint density at radius 3 is 2.22 bits per heavy atom. The molecular formula is C19H24N4O4. The number of hydrogen-bond donors (Lipinski definition) is 3. The lowest BCUT2D eigenvalue weighted by molar-refractivity contribution is -0.125. The molecule has 1 aromatic carbocycles. The maximum atomic E-state index is 11.9. The Morgan fingerprint density at radius 2 is 1.56 bits per heavy atom. The smallest absolute Gasteiger partial charge is 0.287 e. The minimum Gasteiger partial charge on any atom is -0.459 e. The van der Waals surface area contributed by atoms with Gasteiger partial charge in [0.15, 0.2) is 5.76 Å². The van der Waals surface area contributed by atoms with Crippen molar-refractivity contribution in [2.45, 2.75) is 13.1 Å². The second-order valence-electron chi connectivity index (χ2n) is 6.22. The highest BCUT2D eigenvalue weighted by atomic mass is 16.3. The number of benzene rings is 1. The molecule has 0 unspecified atom stereocenters. The van der Waals surface area contributed by atoms with E-state index in [0.29, 0.717) is 6.54 Å². The maximum absolute atomic E-state index is 11.9. The Labute approximate surface area is 157 Å². The van der Waals surface area contributed by atoms with E-state index in [9.17, 15) is 14.4 Å². The lowest BCUT2D eigenvalue weighted by Crippen LogP contribution is -2.41. The van der Waals surface area contributed by atoms with Gasteiger partial charge in [-0.1, -0.05) is 24.3 Å². The highest BCUT2D eigenvalue weighted by Crippen LogP contribution is 2.10. The summed E-state index contributed by atoms with van der Waals surface area (Å²) in [6.07, 6.45) is 1.37. The highest BCUT2D eigenvalue weighted by Gasteiger charge is 2.11. The molecule has 0 saturated heterocycles. The molecule has 0 saturated carbocycles. The number of carbonyl (C=O) groups is 3. The number of rotatable bonds is 9. The normalized spacial score (nSPS) is 10.5. The Kier molecular flexibility index (Phi) is 7.57. The van der Waals surface area contributed by atoms with Gasteiger partial charge in [0.25, 0.3) is 5.91 Å². The first-order chi connectivity index (χ1) is 13.0. The molecule has 8 nitrogen and oxygen atoms in total. The Morgan fingerprint density at radius 1 is 0.889 bits per heavy atom. The van der Waals surface area contributed by atoms with Crippen LogP contribution in [0, 0.1) is 0 Å². The summed E-state index contributed by atoms with van der Waals surface area (Å²) in [6, 6.07) is 10.9. The highest BCUT2D eigenvalue weighted by molar-refractivity contribution is 5.94. The first-order valence-corrected chi connectivity index (χ1v) is 8.52. The van der Waals surface area contributed by atoms with Gasteiger partial charge in [0.05, 0.1) is 19.4 Å². The predicted molar refractivity (Wildman–Crippen MR) is 99.7 cm³/mol. The van der Waals surface area contributed by atoms with Crippen molar-refractivity contribution in [2.75, 3.05) is 27.2 Å². The number of nitrogens with zero attached hydrogens (tertiary/aromatic N) is 1. The van der Waals surface area contributed by atoms with Gasteiger partial charge >= 0.3 is 0 Å². The predicted octanol–water partition coefficient (Wildman–Crippen LogP) is 0.504. The fourth-order valence-electron chi connectivity index (χ4n) is 2.38. The molecular weight excluding hydrogens is 348 g/mol. The van der Waals surface area contributed by atoms with Crippen molar-refractivity contribution >= 4 is 17.7 Å². The van der Waals surface area contributed by atoms with E-state index in [1.165, 1.54) is 12.3 Å². The summed E-state index contributed by atoms with van der Waals surface area (Å²) in [4.78, 5) is 37.4. The van der Waals surface area contributed by atoms with Gasteiger partial charge in [-0.25, -0.2) is 0 Å². The van der Waals surface area contributed by atoms with Gasteiger partial charge in [-0.15, -0.1) is 0 Å². The summed E-state index contributed by atoms with van der Waals surface area (Å²) in [5.74, 6) is -1.13. The standard InChI is InChI=1S/C19H24N4O4/c1-23(2)13-15-7-4-3-6-14(15)10-20-17(24)11-21-18(25)12-22-19(26)16-8-5-9-27-16/h3-9H,10-13H2,1-2H3,(H,20,24)(H,21,25)(H,22,26). The molecule has 0 radical (unpaired) electrons. The maximum Gasteiger partial charge on any atom is 0.287 e. The third-order valence-corrected chi connectivity index (χ3v) is 3.68. The van der Waals surface area contributed by atoms with Crippen LogP contribution in [0.25, 0.3) is 0 Å². The van der Waals surface area contributed by atoms with Crippen molar-refractivity contribution in [2.24, 2.45) is 0 Å². The largest absolute Gasteiger partial charge is 0.459 e. The zero-order valence-corrected chi connectivity index (χ0v) is 15.5. The quantitative estimate of drug-likeness (QED) is 0.595. The van der Waals surface area contributed by atoms with E-state index in [1.54, 1.807) is 6.07 Å². The first kappa shape index (κ1) is 20.2. The lowest BCUT2D eigenvalue weighted by atomic mass is 10.1. The van der Waals surface area contributed by atoms with E-state index >= 15 is 0 Å². The van der Waals surface area contributed by atoms with Crippen molar-refractivity contribution < 1.29 is 18.8 Å². The Bertz CT molecular complexity index is 772. The van der Waals surface area contributed by atoms with Crippen LogP contribution in [-0.2, 0) is 22.7 Å². The number of nitrogens with one attached hydrogen (secondary N) is 3. The van der Waals surface area contributed by atoms with Crippen LogP contribution in [0.2, 0.25) is 0 Å². The number of amides is 3. The third kappa shape index (κ3) is 6.95. The van der Waals surface area contributed by atoms with Crippen LogP contribution in [0.3, 0.4) is 0 Å². The molecule has 3 N–H and O–H groups in total. The molecule has 2 rings (SSSR count). The molecule has 1 aromatic heterocycles. The molecule has 8 heteroatoms. The van der Waals surface area contributed by atoms with Gasteiger partial charge in [-0.05, 0) is 37.4 Å². The summed E-state index contributed by atoms with van der Waals surface area (Å²) in [5, 5.41) is 7.65. The van der Waals surface area contributed by atoms with Crippen LogP contribution in [0.5, 0.6) is 0 Å². The van der Waals surface area contributed by atoms with Gasteiger partial charge in [0, 0.05) is 13.1 Å². The van der Waals surface area contributed by atoms with E-state index in [0.717, 1.165) is 17.7 Å². The van der Waals surface area contributed by atoms with Gasteiger partial charge in [0.2, 0.25) is 11.8 Å². The summed E-state index contributed by atoms with van der Waals surface area (Å²) in [6.45, 7) is 0.760. The summed E-state index contributed by atoms with van der Waals surface area (Å²) in [5.41, 5.74) is 2.16. The Balaban J connectivity index is 1.70. The molecule has 2 aromatic rings. The molecule has 0 bridgehead atoms. The fraction of sp³-hybridized carbons (Fsp3) is 0.316. The molecule has 144 valence electrons. The molecule has 3 amide bonds. The van der Waals surface area contributed by atoms with Gasteiger partial charge in [-0.3, -0.25) is 14.4 Å².